The van der Waals surface area contributed by atoms with Crippen molar-refractivity contribution in [1.82, 2.24) is 5.32 Å². The van der Waals surface area contributed by atoms with Gasteiger partial charge in [-0.05, 0) is 29.8 Å². The zero-order valence-corrected chi connectivity index (χ0v) is 14.1. The largest absolute Gasteiger partial charge is 0.465 e. The standard InChI is InChI=1S/C17H12Cl2N2O3/c1-24-17(23)15-13(18)6-12(7-14(15)19)16(22)21-9-11-4-2-3-10(5-11)8-20/h2-7H,9H2,1H3,(H,21,22). The van der Waals surface area contributed by atoms with Crippen LogP contribution in [-0.4, -0.2) is 19.0 Å². The highest BCUT2D eigenvalue weighted by atomic mass is 35.5. The number of methoxy groups -OCH3 is 1. The Balaban J connectivity index is 2.15. The molecule has 0 bridgehead atoms. The fourth-order valence-electron chi connectivity index (χ4n) is 2.04. The average Bonchev–Trinajstić information content (AvgIpc) is 2.58. The second kappa shape index (κ2) is 7.82. The maximum atomic E-state index is 12.2. The molecule has 1 amide bonds. The van der Waals surface area contributed by atoms with Crippen LogP contribution in [0, 0.1) is 11.3 Å². The van der Waals surface area contributed by atoms with Crippen LogP contribution in [0.15, 0.2) is 36.4 Å². The summed E-state index contributed by atoms with van der Waals surface area (Å²) in [6.07, 6.45) is 0. The van der Waals surface area contributed by atoms with Crippen molar-refractivity contribution < 1.29 is 14.3 Å². The van der Waals surface area contributed by atoms with Gasteiger partial charge >= 0.3 is 5.97 Å². The van der Waals surface area contributed by atoms with E-state index in [-0.39, 0.29) is 27.7 Å². The van der Waals surface area contributed by atoms with E-state index in [0.717, 1.165) is 5.56 Å². The van der Waals surface area contributed by atoms with Gasteiger partial charge in [0.1, 0.15) is 0 Å². The van der Waals surface area contributed by atoms with E-state index in [2.05, 4.69) is 10.1 Å². The molecular weight excluding hydrogens is 351 g/mol. The summed E-state index contributed by atoms with van der Waals surface area (Å²) >= 11 is 12.0. The van der Waals surface area contributed by atoms with Crippen LogP contribution in [0.3, 0.4) is 0 Å². The van der Waals surface area contributed by atoms with E-state index in [0.29, 0.717) is 5.56 Å². The summed E-state index contributed by atoms with van der Waals surface area (Å²) in [7, 11) is 1.21. The second-order valence-electron chi connectivity index (χ2n) is 4.80. The van der Waals surface area contributed by atoms with Crippen molar-refractivity contribution in [2.75, 3.05) is 7.11 Å². The number of rotatable bonds is 4. The van der Waals surface area contributed by atoms with Gasteiger partial charge in [-0.3, -0.25) is 4.79 Å². The van der Waals surface area contributed by atoms with Gasteiger partial charge in [0.05, 0.1) is 34.4 Å². The topological polar surface area (TPSA) is 79.2 Å². The molecule has 2 aromatic rings. The molecule has 1 N–H and O–H groups in total. The SMILES string of the molecule is COC(=O)c1c(Cl)cc(C(=O)NCc2cccc(C#N)c2)cc1Cl. The van der Waals surface area contributed by atoms with Gasteiger partial charge in [0.25, 0.3) is 5.91 Å². The molecule has 5 nitrogen and oxygen atoms in total. The van der Waals surface area contributed by atoms with Crippen LogP contribution in [0.25, 0.3) is 0 Å². The van der Waals surface area contributed by atoms with Crippen molar-refractivity contribution in [2.24, 2.45) is 0 Å². The highest BCUT2D eigenvalue weighted by Crippen LogP contribution is 2.27. The van der Waals surface area contributed by atoms with Crippen LogP contribution in [0.1, 0.15) is 31.8 Å². The number of hydrogen-bond donors (Lipinski definition) is 1. The highest BCUT2D eigenvalue weighted by molar-refractivity contribution is 6.39. The summed E-state index contributed by atoms with van der Waals surface area (Å²) in [5.41, 5.74) is 1.52. The normalized spacial score (nSPS) is 9.92. The molecule has 0 aliphatic rings. The van der Waals surface area contributed by atoms with E-state index in [1.165, 1.54) is 19.2 Å². The summed E-state index contributed by atoms with van der Waals surface area (Å²) in [5, 5.41) is 11.6. The van der Waals surface area contributed by atoms with E-state index >= 15 is 0 Å². The predicted molar refractivity (Wildman–Crippen MR) is 90.1 cm³/mol. The van der Waals surface area contributed by atoms with Crippen LogP contribution in [0.5, 0.6) is 0 Å². The second-order valence-corrected chi connectivity index (χ2v) is 5.62. The fraction of sp³-hybridized carbons (Fsp3) is 0.118. The lowest BCUT2D eigenvalue weighted by atomic mass is 10.1. The van der Waals surface area contributed by atoms with Gasteiger partial charge in [-0.1, -0.05) is 35.3 Å². The van der Waals surface area contributed by atoms with E-state index in [1.54, 1.807) is 24.3 Å². The summed E-state index contributed by atoms with van der Waals surface area (Å²) in [5.74, 6) is -1.08. The molecule has 0 radical (unpaired) electrons. The van der Waals surface area contributed by atoms with Gasteiger partial charge in [0, 0.05) is 12.1 Å². The van der Waals surface area contributed by atoms with Crippen LogP contribution in [0.4, 0.5) is 0 Å². The molecule has 0 heterocycles. The summed E-state index contributed by atoms with van der Waals surface area (Å²) in [6.45, 7) is 0.238. The molecule has 7 heteroatoms. The Morgan fingerprint density at radius 2 is 1.88 bits per heavy atom. The third-order valence-electron chi connectivity index (χ3n) is 3.20. The Morgan fingerprint density at radius 1 is 1.21 bits per heavy atom. The molecule has 0 aromatic heterocycles. The molecule has 0 saturated heterocycles. The van der Waals surface area contributed by atoms with Crippen LogP contribution in [0.2, 0.25) is 10.0 Å². The first-order valence-electron chi connectivity index (χ1n) is 6.81. The first-order chi connectivity index (χ1) is 11.5. The third-order valence-corrected chi connectivity index (χ3v) is 3.80. The van der Waals surface area contributed by atoms with Gasteiger partial charge in [-0.15, -0.1) is 0 Å². The van der Waals surface area contributed by atoms with Crippen LogP contribution >= 0.6 is 23.2 Å². The number of nitrogens with zero attached hydrogens (tertiary/aromatic N) is 1. The smallest absolute Gasteiger partial charge is 0.340 e. The number of nitriles is 1. The monoisotopic (exact) mass is 362 g/mol. The number of carbonyl (C=O) groups is 2. The minimum absolute atomic E-state index is 0.0131. The Morgan fingerprint density at radius 3 is 2.46 bits per heavy atom. The highest BCUT2D eigenvalue weighted by Gasteiger charge is 2.18. The molecule has 2 aromatic carbocycles. The predicted octanol–water partition coefficient (Wildman–Crippen LogP) is 3.58. The first-order valence-corrected chi connectivity index (χ1v) is 7.56. The lowest BCUT2D eigenvalue weighted by Crippen LogP contribution is -2.23. The van der Waals surface area contributed by atoms with Gasteiger partial charge < -0.3 is 10.1 Å². The molecule has 0 aliphatic heterocycles. The number of amides is 1. The quantitative estimate of drug-likeness (QED) is 0.842. The maximum Gasteiger partial charge on any atom is 0.340 e. The number of hydrogen-bond acceptors (Lipinski definition) is 4. The fourth-order valence-corrected chi connectivity index (χ4v) is 2.68. The van der Waals surface area contributed by atoms with Gasteiger partial charge in [-0.25, -0.2) is 4.79 Å². The average molecular weight is 363 g/mol. The van der Waals surface area contributed by atoms with Crippen molar-refractivity contribution in [3.63, 3.8) is 0 Å². The lowest BCUT2D eigenvalue weighted by Gasteiger charge is -2.09. The molecule has 0 saturated carbocycles. The van der Waals surface area contributed by atoms with Gasteiger partial charge in [-0.2, -0.15) is 5.26 Å². The number of ether oxygens (including phenoxy) is 1. The van der Waals surface area contributed by atoms with Crippen molar-refractivity contribution >= 4 is 35.1 Å². The molecule has 0 fully saturated rings. The zero-order chi connectivity index (χ0) is 17.7. The summed E-state index contributed by atoms with van der Waals surface area (Å²) < 4.78 is 4.59. The number of esters is 1. The number of carbonyl (C=O) groups excluding carboxylic acids is 2. The molecule has 0 unspecified atom stereocenters. The zero-order valence-electron chi connectivity index (χ0n) is 12.6. The molecule has 24 heavy (non-hydrogen) atoms. The minimum Gasteiger partial charge on any atom is -0.465 e. The van der Waals surface area contributed by atoms with E-state index in [1.807, 2.05) is 6.07 Å². The molecule has 0 aliphatic carbocycles. The van der Waals surface area contributed by atoms with E-state index in [4.69, 9.17) is 28.5 Å². The van der Waals surface area contributed by atoms with Crippen molar-refractivity contribution in [3.8, 4) is 6.07 Å². The van der Waals surface area contributed by atoms with E-state index < -0.39 is 11.9 Å². The first kappa shape index (κ1) is 17.8. The molecular formula is C17H12Cl2N2O3. The third kappa shape index (κ3) is 4.05. The summed E-state index contributed by atoms with van der Waals surface area (Å²) in [6, 6.07) is 11.6. The Bertz CT molecular complexity index is 821. The number of nitrogens with one attached hydrogen (secondary N) is 1. The van der Waals surface area contributed by atoms with Crippen LogP contribution in [-0.2, 0) is 11.3 Å². The van der Waals surface area contributed by atoms with Crippen molar-refractivity contribution in [3.05, 3.63) is 68.7 Å². The van der Waals surface area contributed by atoms with Gasteiger partial charge in [0.15, 0.2) is 0 Å². The summed E-state index contributed by atoms with van der Waals surface area (Å²) in [4.78, 5) is 23.8. The lowest BCUT2D eigenvalue weighted by molar-refractivity contribution is 0.0600. The Hall–Kier alpha value is -2.55. The Labute approximate surface area is 148 Å². The molecule has 2 rings (SSSR count). The maximum absolute atomic E-state index is 12.2. The number of halogens is 2. The van der Waals surface area contributed by atoms with Gasteiger partial charge in [0.2, 0.25) is 0 Å². The molecule has 0 spiro atoms. The van der Waals surface area contributed by atoms with Crippen LogP contribution < -0.4 is 5.32 Å². The van der Waals surface area contributed by atoms with E-state index in [9.17, 15) is 9.59 Å². The molecule has 0 atom stereocenters. The number of benzene rings is 2. The minimum atomic E-state index is -0.676. The van der Waals surface area contributed by atoms with Crippen molar-refractivity contribution in [1.29, 1.82) is 5.26 Å². The molecule has 122 valence electrons. The Kier molecular flexibility index (Phi) is 5.80. The van der Waals surface area contributed by atoms with Crippen molar-refractivity contribution in [2.45, 2.75) is 6.54 Å².